The lowest BCUT2D eigenvalue weighted by Crippen LogP contribution is -2.40. The molecule has 3 heterocycles. The van der Waals surface area contributed by atoms with Crippen molar-refractivity contribution in [2.24, 2.45) is 0 Å². The third-order valence-electron chi connectivity index (χ3n) is 5.23. The summed E-state index contributed by atoms with van der Waals surface area (Å²) < 4.78 is 44.0. The lowest BCUT2D eigenvalue weighted by atomic mass is 9.98. The van der Waals surface area contributed by atoms with Crippen molar-refractivity contribution in [2.45, 2.75) is 50.2 Å². The van der Waals surface area contributed by atoms with E-state index in [1.807, 2.05) is 0 Å². The number of para-hydroxylation sites is 1. The van der Waals surface area contributed by atoms with E-state index >= 15 is 0 Å². The fourth-order valence-electron chi connectivity index (χ4n) is 4.14. The van der Waals surface area contributed by atoms with Crippen molar-refractivity contribution in [1.29, 1.82) is 0 Å². The number of alkyl halides is 3. The van der Waals surface area contributed by atoms with Crippen molar-refractivity contribution >= 4 is 10.9 Å². The van der Waals surface area contributed by atoms with E-state index in [-0.39, 0.29) is 11.8 Å². The highest BCUT2D eigenvalue weighted by Gasteiger charge is 2.40. The first kappa shape index (κ1) is 14.8. The summed E-state index contributed by atoms with van der Waals surface area (Å²) in [7, 11) is 2.14. The van der Waals surface area contributed by atoms with Crippen LogP contribution in [-0.2, 0) is 0 Å². The highest BCUT2D eigenvalue weighted by molar-refractivity contribution is 5.84. The lowest BCUT2D eigenvalue weighted by Gasteiger charge is -2.36. The molecule has 23 heavy (non-hydrogen) atoms. The standard InChI is InChI=1S/C16H18F3N3O/c1-21-11-5-6-12(21)8-13(7-11)22-15-10(9-20-22)3-2-4-14(15)23-16(17,18)19/h2-4,9,11-13H,5-8H2,1H3. The average Bonchev–Trinajstić information content (AvgIpc) is 2.96. The Bertz CT molecular complexity index is 713. The first-order valence-electron chi connectivity index (χ1n) is 7.86. The molecule has 0 spiro atoms. The second-order valence-corrected chi connectivity index (χ2v) is 6.51. The topological polar surface area (TPSA) is 30.3 Å². The van der Waals surface area contributed by atoms with E-state index in [1.165, 1.54) is 6.07 Å². The van der Waals surface area contributed by atoms with E-state index < -0.39 is 6.36 Å². The first-order chi connectivity index (χ1) is 10.9. The van der Waals surface area contributed by atoms with Crippen molar-refractivity contribution in [1.82, 2.24) is 14.7 Å². The van der Waals surface area contributed by atoms with Crippen LogP contribution in [0.25, 0.3) is 10.9 Å². The summed E-state index contributed by atoms with van der Waals surface area (Å²) in [5, 5.41) is 5.06. The maximum Gasteiger partial charge on any atom is 0.573 e. The minimum atomic E-state index is -4.70. The summed E-state index contributed by atoms with van der Waals surface area (Å²) in [6.45, 7) is 0. The summed E-state index contributed by atoms with van der Waals surface area (Å²) >= 11 is 0. The average molecular weight is 325 g/mol. The monoisotopic (exact) mass is 325 g/mol. The van der Waals surface area contributed by atoms with E-state index in [1.54, 1.807) is 23.0 Å². The Morgan fingerprint density at radius 3 is 2.48 bits per heavy atom. The van der Waals surface area contributed by atoms with Crippen LogP contribution in [0, 0.1) is 0 Å². The molecule has 0 amide bonds. The molecule has 2 saturated heterocycles. The molecule has 0 saturated carbocycles. The minimum absolute atomic E-state index is 0.124. The zero-order valence-electron chi connectivity index (χ0n) is 12.8. The number of ether oxygens (including phenoxy) is 1. The summed E-state index contributed by atoms with van der Waals surface area (Å²) in [6, 6.07) is 5.80. The van der Waals surface area contributed by atoms with Crippen molar-refractivity contribution in [3.05, 3.63) is 24.4 Å². The molecule has 2 aromatic rings. The largest absolute Gasteiger partial charge is 0.573 e. The normalized spacial score (nSPS) is 28.4. The van der Waals surface area contributed by atoms with E-state index in [0.29, 0.717) is 23.0 Å². The van der Waals surface area contributed by atoms with Crippen LogP contribution in [0.4, 0.5) is 13.2 Å². The zero-order valence-corrected chi connectivity index (χ0v) is 12.8. The highest BCUT2D eigenvalue weighted by Crippen LogP contribution is 2.42. The molecular formula is C16H18F3N3O. The summed E-state index contributed by atoms with van der Waals surface area (Å²) in [5.41, 5.74) is 0.443. The second-order valence-electron chi connectivity index (χ2n) is 6.51. The number of aromatic nitrogens is 2. The Morgan fingerprint density at radius 1 is 1.13 bits per heavy atom. The molecule has 2 aliphatic rings. The molecule has 124 valence electrons. The fourth-order valence-corrected chi connectivity index (χ4v) is 4.14. The quantitative estimate of drug-likeness (QED) is 0.843. The summed E-state index contributed by atoms with van der Waals surface area (Å²) in [6.07, 6.45) is 1.08. The van der Waals surface area contributed by atoms with Crippen LogP contribution in [0.1, 0.15) is 31.7 Å². The van der Waals surface area contributed by atoms with Gasteiger partial charge in [-0.15, -0.1) is 13.2 Å². The fraction of sp³-hybridized carbons (Fsp3) is 0.562. The number of piperidine rings is 1. The van der Waals surface area contributed by atoms with Crippen molar-refractivity contribution < 1.29 is 17.9 Å². The third kappa shape index (κ3) is 2.56. The number of nitrogens with zero attached hydrogens (tertiary/aromatic N) is 3. The number of hydrogen-bond donors (Lipinski definition) is 0. The zero-order chi connectivity index (χ0) is 16.2. The number of hydrogen-bond acceptors (Lipinski definition) is 3. The molecule has 1 aromatic heterocycles. The number of fused-ring (bicyclic) bond motifs is 3. The maximum absolute atomic E-state index is 12.7. The molecular weight excluding hydrogens is 307 g/mol. The van der Waals surface area contributed by atoms with Crippen molar-refractivity contribution in [3.8, 4) is 5.75 Å². The van der Waals surface area contributed by atoms with E-state index in [2.05, 4.69) is 21.8 Å². The van der Waals surface area contributed by atoms with Gasteiger partial charge in [0.15, 0.2) is 5.75 Å². The van der Waals surface area contributed by atoms with Gasteiger partial charge in [-0.1, -0.05) is 12.1 Å². The molecule has 7 heteroatoms. The van der Waals surface area contributed by atoms with Gasteiger partial charge in [-0.3, -0.25) is 4.68 Å². The Morgan fingerprint density at radius 2 is 1.83 bits per heavy atom. The van der Waals surface area contributed by atoms with Crippen LogP contribution in [0.5, 0.6) is 5.75 Å². The molecule has 2 fully saturated rings. The molecule has 2 aliphatic heterocycles. The van der Waals surface area contributed by atoms with E-state index in [9.17, 15) is 13.2 Å². The number of benzene rings is 1. The van der Waals surface area contributed by atoms with Crippen LogP contribution in [0.2, 0.25) is 0 Å². The van der Waals surface area contributed by atoms with Crippen LogP contribution >= 0.6 is 0 Å². The Balaban J connectivity index is 1.73. The van der Waals surface area contributed by atoms with Crippen molar-refractivity contribution in [3.63, 3.8) is 0 Å². The molecule has 1 aromatic carbocycles. The van der Waals surface area contributed by atoms with E-state index in [4.69, 9.17) is 0 Å². The number of rotatable bonds is 2. The third-order valence-corrected chi connectivity index (χ3v) is 5.23. The molecule has 2 atom stereocenters. The molecule has 2 bridgehead atoms. The molecule has 0 radical (unpaired) electrons. The van der Waals surface area contributed by atoms with Gasteiger partial charge in [-0.05, 0) is 38.8 Å². The van der Waals surface area contributed by atoms with Gasteiger partial charge in [-0.25, -0.2) is 0 Å². The van der Waals surface area contributed by atoms with Gasteiger partial charge >= 0.3 is 6.36 Å². The van der Waals surface area contributed by atoms with Crippen LogP contribution in [-0.4, -0.2) is 40.2 Å². The first-order valence-corrected chi connectivity index (χ1v) is 7.86. The smallest absolute Gasteiger partial charge is 0.403 e. The van der Waals surface area contributed by atoms with Gasteiger partial charge in [-0.2, -0.15) is 5.10 Å². The van der Waals surface area contributed by atoms with Crippen LogP contribution < -0.4 is 4.74 Å². The van der Waals surface area contributed by atoms with Crippen LogP contribution in [0.3, 0.4) is 0 Å². The Hall–Kier alpha value is -1.76. The summed E-state index contributed by atoms with van der Waals surface area (Å²) in [5.74, 6) is -0.168. The SMILES string of the molecule is CN1C2CCC1CC(n1ncc3cccc(OC(F)(F)F)c31)C2. The molecule has 0 N–H and O–H groups in total. The van der Waals surface area contributed by atoms with Gasteiger partial charge in [0, 0.05) is 17.5 Å². The molecule has 4 nitrogen and oxygen atoms in total. The van der Waals surface area contributed by atoms with Crippen molar-refractivity contribution in [2.75, 3.05) is 7.05 Å². The summed E-state index contributed by atoms with van der Waals surface area (Å²) in [4.78, 5) is 2.40. The maximum atomic E-state index is 12.7. The highest BCUT2D eigenvalue weighted by atomic mass is 19.4. The predicted octanol–water partition coefficient (Wildman–Crippen LogP) is 3.73. The van der Waals surface area contributed by atoms with Gasteiger partial charge in [0.1, 0.15) is 5.52 Å². The van der Waals surface area contributed by atoms with Gasteiger partial charge in [0.2, 0.25) is 0 Å². The number of halogens is 3. The minimum Gasteiger partial charge on any atom is -0.403 e. The lowest BCUT2D eigenvalue weighted by molar-refractivity contribution is -0.274. The Labute approximate surface area is 131 Å². The Kier molecular flexibility index (Phi) is 3.30. The van der Waals surface area contributed by atoms with Gasteiger partial charge in [0.05, 0.1) is 12.2 Å². The van der Waals surface area contributed by atoms with Gasteiger partial charge < -0.3 is 9.64 Å². The second kappa shape index (κ2) is 5.12. The predicted molar refractivity (Wildman–Crippen MR) is 79.3 cm³/mol. The van der Waals surface area contributed by atoms with Crippen LogP contribution in [0.15, 0.2) is 24.4 Å². The molecule has 4 rings (SSSR count). The van der Waals surface area contributed by atoms with Gasteiger partial charge in [0.25, 0.3) is 0 Å². The van der Waals surface area contributed by atoms with E-state index in [0.717, 1.165) is 25.7 Å². The molecule has 0 aliphatic carbocycles. The molecule has 2 unspecified atom stereocenters.